The molecular weight excluding hydrogens is 180 g/mol. The molecule has 3 heteroatoms. The zero-order valence-corrected chi connectivity index (χ0v) is 7.27. The smallest absolute Gasteiger partial charge is 0.150 e. The Hall–Kier alpha value is -2.03. The fraction of sp³-hybridized carbons (Fsp3) is 0. The van der Waals surface area contributed by atoms with E-state index >= 15 is 0 Å². The molecule has 0 aliphatic heterocycles. The minimum absolute atomic E-state index is 0.149. The SMILES string of the molecule is O=C([O-])c1ccc(-c2ccccc2)o1. The summed E-state index contributed by atoms with van der Waals surface area (Å²) < 4.78 is 5.07. The third-order valence-electron chi connectivity index (χ3n) is 1.87. The lowest BCUT2D eigenvalue weighted by atomic mass is 10.2. The zero-order valence-electron chi connectivity index (χ0n) is 7.27. The summed E-state index contributed by atoms with van der Waals surface area (Å²) in [4.78, 5) is 10.4. The van der Waals surface area contributed by atoms with E-state index in [0.717, 1.165) is 5.56 Å². The van der Waals surface area contributed by atoms with E-state index in [1.807, 2.05) is 30.3 Å². The lowest BCUT2D eigenvalue weighted by molar-refractivity contribution is -0.257. The van der Waals surface area contributed by atoms with E-state index in [2.05, 4.69) is 0 Å². The summed E-state index contributed by atoms with van der Waals surface area (Å²) in [5, 5.41) is 10.4. The highest BCUT2D eigenvalue weighted by Gasteiger charge is 2.03. The number of carbonyl (C=O) groups excluding carboxylic acids is 1. The number of aromatic carboxylic acids is 1. The van der Waals surface area contributed by atoms with Gasteiger partial charge < -0.3 is 14.3 Å². The summed E-state index contributed by atoms with van der Waals surface area (Å²) in [6.45, 7) is 0. The fourth-order valence-electron chi connectivity index (χ4n) is 1.21. The third kappa shape index (κ3) is 1.52. The van der Waals surface area contributed by atoms with Crippen LogP contribution in [0.1, 0.15) is 10.6 Å². The molecule has 0 spiro atoms. The normalized spacial score (nSPS) is 10.0. The van der Waals surface area contributed by atoms with Crippen LogP contribution in [0.5, 0.6) is 0 Å². The minimum Gasteiger partial charge on any atom is -0.542 e. The van der Waals surface area contributed by atoms with Crippen LogP contribution in [-0.2, 0) is 0 Å². The summed E-state index contributed by atoms with van der Waals surface area (Å²) in [6.07, 6.45) is 0. The molecule has 0 aliphatic carbocycles. The highest BCUT2D eigenvalue weighted by molar-refractivity contribution is 5.83. The summed E-state index contributed by atoms with van der Waals surface area (Å²) in [5.41, 5.74) is 0.847. The Kier molecular flexibility index (Phi) is 2.07. The van der Waals surface area contributed by atoms with Crippen molar-refractivity contribution in [3.8, 4) is 11.3 Å². The second kappa shape index (κ2) is 3.38. The molecule has 0 radical (unpaired) electrons. The Morgan fingerprint density at radius 1 is 1.07 bits per heavy atom. The number of furan rings is 1. The van der Waals surface area contributed by atoms with E-state index in [9.17, 15) is 9.90 Å². The summed E-state index contributed by atoms with van der Waals surface area (Å²) in [7, 11) is 0. The van der Waals surface area contributed by atoms with Crippen LogP contribution in [0.2, 0.25) is 0 Å². The number of carboxylic acids is 1. The van der Waals surface area contributed by atoms with E-state index < -0.39 is 5.97 Å². The Labute approximate surface area is 80.6 Å². The quantitative estimate of drug-likeness (QED) is 0.712. The van der Waals surface area contributed by atoms with Crippen LogP contribution in [-0.4, -0.2) is 5.97 Å². The molecule has 0 N–H and O–H groups in total. The van der Waals surface area contributed by atoms with Crippen LogP contribution in [0.3, 0.4) is 0 Å². The monoisotopic (exact) mass is 187 g/mol. The molecule has 0 atom stereocenters. The third-order valence-corrected chi connectivity index (χ3v) is 1.87. The molecule has 0 unspecified atom stereocenters. The molecule has 1 heterocycles. The van der Waals surface area contributed by atoms with Crippen molar-refractivity contribution in [2.45, 2.75) is 0 Å². The molecular formula is C11H7O3-. The van der Waals surface area contributed by atoms with Crippen molar-refractivity contribution in [1.82, 2.24) is 0 Å². The van der Waals surface area contributed by atoms with Crippen molar-refractivity contribution in [1.29, 1.82) is 0 Å². The summed E-state index contributed by atoms with van der Waals surface area (Å²) in [6, 6.07) is 12.3. The van der Waals surface area contributed by atoms with Crippen molar-refractivity contribution >= 4 is 5.97 Å². The van der Waals surface area contributed by atoms with Gasteiger partial charge in [0, 0.05) is 5.56 Å². The molecule has 0 aliphatic rings. The molecule has 0 saturated heterocycles. The van der Waals surface area contributed by atoms with Crippen LogP contribution in [0.4, 0.5) is 0 Å². The topological polar surface area (TPSA) is 53.3 Å². The van der Waals surface area contributed by atoms with E-state index in [0.29, 0.717) is 5.76 Å². The van der Waals surface area contributed by atoms with E-state index in [1.54, 1.807) is 6.07 Å². The molecule has 0 fully saturated rings. The second-order valence-corrected chi connectivity index (χ2v) is 2.82. The number of benzene rings is 1. The van der Waals surface area contributed by atoms with Gasteiger partial charge >= 0.3 is 0 Å². The van der Waals surface area contributed by atoms with Crippen molar-refractivity contribution in [3.05, 3.63) is 48.2 Å². The van der Waals surface area contributed by atoms with Gasteiger partial charge in [-0.15, -0.1) is 0 Å². The largest absolute Gasteiger partial charge is 0.542 e. The van der Waals surface area contributed by atoms with Crippen LogP contribution < -0.4 is 5.11 Å². The second-order valence-electron chi connectivity index (χ2n) is 2.82. The molecule has 2 rings (SSSR count). The number of rotatable bonds is 2. The maximum Gasteiger partial charge on any atom is 0.150 e. The van der Waals surface area contributed by atoms with Gasteiger partial charge in [-0.05, 0) is 12.1 Å². The highest BCUT2D eigenvalue weighted by atomic mass is 16.4. The number of hydrogen-bond acceptors (Lipinski definition) is 3. The standard InChI is InChI=1S/C11H8O3/c12-11(13)10-7-6-9(14-10)8-4-2-1-3-5-8/h1-7H,(H,12,13)/p-1. The predicted octanol–water partition coefficient (Wildman–Crippen LogP) is 1.31. The van der Waals surface area contributed by atoms with E-state index in [4.69, 9.17) is 4.42 Å². The Morgan fingerprint density at radius 3 is 2.36 bits per heavy atom. The van der Waals surface area contributed by atoms with Crippen molar-refractivity contribution in [3.63, 3.8) is 0 Å². The van der Waals surface area contributed by atoms with Gasteiger partial charge in [0.15, 0.2) is 0 Å². The van der Waals surface area contributed by atoms with Gasteiger partial charge in [-0.25, -0.2) is 0 Å². The van der Waals surface area contributed by atoms with Crippen LogP contribution in [0, 0.1) is 0 Å². The van der Waals surface area contributed by atoms with Crippen molar-refractivity contribution in [2.75, 3.05) is 0 Å². The maximum atomic E-state index is 10.4. The molecule has 0 bridgehead atoms. The lowest BCUT2D eigenvalue weighted by Gasteiger charge is -1.97. The number of carboxylic acid groups (broad SMARTS) is 1. The van der Waals surface area contributed by atoms with Gasteiger partial charge in [0.1, 0.15) is 17.5 Å². The van der Waals surface area contributed by atoms with Crippen molar-refractivity contribution in [2.24, 2.45) is 0 Å². The molecule has 3 nitrogen and oxygen atoms in total. The fourth-order valence-corrected chi connectivity index (χ4v) is 1.21. The molecule has 0 saturated carbocycles. The molecule has 14 heavy (non-hydrogen) atoms. The molecule has 70 valence electrons. The van der Waals surface area contributed by atoms with Gasteiger partial charge in [-0.3, -0.25) is 0 Å². The van der Waals surface area contributed by atoms with Crippen molar-refractivity contribution < 1.29 is 14.3 Å². The Morgan fingerprint density at radius 2 is 1.79 bits per heavy atom. The lowest BCUT2D eigenvalue weighted by Crippen LogP contribution is -2.21. The molecule has 1 aromatic carbocycles. The number of hydrogen-bond donors (Lipinski definition) is 0. The predicted molar refractivity (Wildman–Crippen MR) is 48.5 cm³/mol. The van der Waals surface area contributed by atoms with Gasteiger partial charge in [-0.2, -0.15) is 0 Å². The summed E-state index contributed by atoms with van der Waals surface area (Å²) >= 11 is 0. The van der Waals surface area contributed by atoms with E-state index in [-0.39, 0.29) is 5.76 Å². The van der Waals surface area contributed by atoms with Crippen LogP contribution in [0.15, 0.2) is 46.9 Å². The first-order valence-corrected chi connectivity index (χ1v) is 4.14. The molecule has 1 aromatic heterocycles. The first-order valence-electron chi connectivity index (χ1n) is 4.14. The van der Waals surface area contributed by atoms with E-state index in [1.165, 1.54) is 6.07 Å². The van der Waals surface area contributed by atoms with Gasteiger partial charge in [-0.1, -0.05) is 30.3 Å². The average Bonchev–Trinajstić information content (AvgIpc) is 2.68. The number of carbonyl (C=O) groups is 1. The Bertz CT molecular complexity index is 443. The molecule has 2 aromatic rings. The Balaban J connectivity index is 2.39. The first kappa shape index (κ1) is 8.56. The summed E-state index contributed by atoms with van der Waals surface area (Å²) in [5.74, 6) is -0.916. The maximum absolute atomic E-state index is 10.4. The molecule has 0 amide bonds. The average molecular weight is 187 g/mol. The van der Waals surface area contributed by atoms with Crippen LogP contribution >= 0.6 is 0 Å². The minimum atomic E-state index is -1.30. The highest BCUT2D eigenvalue weighted by Crippen LogP contribution is 2.21. The van der Waals surface area contributed by atoms with Gasteiger partial charge in [0.05, 0.1) is 0 Å². The van der Waals surface area contributed by atoms with Gasteiger partial charge in [0.25, 0.3) is 0 Å². The zero-order chi connectivity index (χ0) is 9.97. The van der Waals surface area contributed by atoms with Gasteiger partial charge in [0.2, 0.25) is 0 Å². The first-order chi connectivity index (χ1) is 6.77. The van der Waals surface area contributed by atoms with Crippen LogP contribution in [0.25, 0.3) is 11.3 Å².